The van der Waals surface area contributed by atoms with Gasteiger partial charge in [-0.1, -0.05) is 11.6 Å². The van der Waals surface area contributed by atoms with E-state index in [1.54, 1.807) is 0 Å². The van der Waals surface area contributed by atoms with Gasteiger partial charge in [-0.3, -0.25) is 0 Å². The second-order valence-corrected chi connectivity index (χ2v) is 3.38. The van der Waals surface area contributed by atoms with Crippen molar-refractivity contribution in [2.45, 2.75) is 0 Å². The Morgan fingerprint density at radius 3 is 2.41 bits per heavy atom. The van der Waals surface area contributed by atoms with Crippen LogP contribution in [0, 0.1) is 0 Å². The van der Waals surface area contributed by atoms with Crippen molar-refractivity contribution >= 4 is 23.5 Å². The number of halogens is 1. The van der Waals surface area contributed by atoms with Gasteiger partial charge in [0.1, 0.15) is 0 Å². The van der Waals surface area contributed by atoms with E-state index in [1.165, 1.54) is 19.2 Å². The first-order chi connectivity index (χ1) is 7.95. The molecule has 0 saturated heterocycles. The number of methoxy groups -OCH3 is 1. The van der Waals surface area contributed by atoms with Crippen LogP contribution >= 0.6 is 11.6 Å². The van der Waals surface area contributed by atoms with E-state index >= 15 is 0 Å². The summed E-state index contributed by atoms with van der Waals surface area (Å²) in [5.74, 6) is -2.19. The molecule has 0 spiro atoms. The zero-order valence-electron chi connectivity index (χ0n) is 8.77. The predicted molar refractivity (Wildman–Crippen MR) is 58.1 cm³/mol. The zero-order chi connectivity index (χ0) is 13.0. The number of aliphatic carboxylic acids is 1. The lowest BCUT2D eigenvalue weighted by atomic mass is 10.2. The summed E-state index contributed by atoms with van der Waals surface area (Å²) in [5, 5.41) is 17.2. The number of aromatic carboxylic acids is 1. The molecule has 1 aromatic rings. The summed E-state index contributed by atoms with van der Waals surface area (Å²) in [6.07, 6.45) is 0. The first-order valence-electron chi connectivity index (χ1n) is 4.41. The molecule has 0 atom stereocenters. The van der Waals surface area contributed by atoms with Crippen molar-refractivity contribution in [1.82, 2.24) is 0 Å². The Morgan fingerprint density at radius 2 is 1.94 bits per heavy atom. The highest BCUT2D eigenvalue weighted by Crippen LogP contribution is 2.33. The van der Waals surface area contributed by atoms with Crippen LogP contribution in [-0.2, 0) is 4.79 Å². The Hall–Kier alpha value is -1.95. The Bertz CT molecular complexity index is 456. The molecule has 0 fully saturated rings. The number of carbonyl (C=O) groups is 2. The highest BCUT2D eigenvalue weighted by atomic mass is 35.5. The Labute approximate surface area is 101 Å². The van der Waals surface area contributed by atoms with Crippen molar-refractivity contribution in [2.24, 2.45) is 0 Å². The Kier molecular flexibility index (Phi) is 4.17. The number of ether oxygens (including phenoxy) is 2. The average molecular weight is 261 g/mol. The Morgan fingerprint density at radius 1 is 1.29 bits per heavy atom. The fraction of sp³-hybridized carbons (Fsp3) is 0.200. The summed E-state index contributed by atoms with van der Waals surface area (Å²) in [6.45, 7) is -0.570. The molecule has 17 heavy (non-hydrogen) atoms. The van der Waals surface area contributed by atoms with Crippen LogP contribution in [0.4, 0.5) is 0 Å². The molecular weight excluding hydrogens is 252 g/mol. The van der Waals surface area contributed by atoms with Crippen LogP contribution in [-0.4, -0.2) is 35.9 Å². The number of benzene rings is 1. The van der Waals surface area contributed by atoms with Crippen LogP contribution in [0.5, 0.6) is 11.5 Å². The molecule has 0 heterocycles. The van der Waals surface area contributed by atoms with Gasteiger partial charge in [0.05, 0.1) is 17.7 Å². The van der Waals surface area contributed by atoms with Crippen molar-refractivity contribution < 1.29 is 29.3 Å². The summed E-state index contributed by atoms with van der Waals surface area (Å²) < 4.78 is 9.79. The first-order valence-corrected chi connectivity index (χ1v) is 4.79. The fourth-order valence-electron chi connectivity index (χ4n) is 1.11. The van der Waals surface area contributed by atoms with Gasteiger partial charge in [0.2, 0.25) is 0 Å². The van der Waals surface area contributed by atoms with Crippen LogP contribution in [0.2, 0.25) is 5.02 Å². The number of hydrogen-bond donors (Lipinski definition) is 2. The number of carboxylic acids is 2. The third-order valence-corrected chi connectivity index (χ3v) is 2.15. The van der Waals surface area contributed by atoms with Gasteiger partial charge in [-0.15, -0.1) is 0 Å². The maximum Gasteiger partial charge on any atom is 0.341 e. The first kappa shape index (κ1) is 13.1. The molecule has 0 aromatic heterocycles. The maximum atomic E-state index is 10.8. The lowest BCUT2D eigenvalue weighted by Gasteiger charge is -2.10. The molecule has 2 N–H and O–H groups in total. The van der Waals surface area contributed by atoms with Crippen molar-refractivity contribution in [3.63, 3.8) is 0 Å². The fourth-order valence-corrected chi connectivity index (χ4v) is 1.35. The molecule has 0 amide bonds. The van der Waals surface area contributed by atoms with Gasteiger partial charge < -0.3 is 19.7 Å². The van der Waals surface area contributed by atoms with E-state index in [-0.39, 0.29) is 22.1 Å². The molecule has 0 saturated carbocycles. The molecule has 0 aliphatic rings. The highest BCUT2D eigenvalue weighted by molar-refractivity contribution is 6.33. The molecule has 92 valence electrons. The van der Waals surface area contributed by atoms with Gasteiger partial charge in [0.15, 0.2) is 18.1 Å². The second kappa shape index (κ2) is 5.40. The van der Waals surface area contributed by atoms with E-state index < -0.39 is 18.5 Å². The zero-order valence-corrected chi connectivity index (χ0v) is 9.52. The lowest BCUT2D eigenvalue weighted by Crippen LogP contribution is -2.10. The molecule has 7 heteroatoms. The van der Waals surface area contributed by atoms with Crippen LogP contribution < -0.4 is 9.47 Å². The average Bonchev–Trinajstić information content (AvgIpc) is 2.25. The third kappa shape index (κ3) is 3.25. The van der Waals surface area contributed by atoms with Gasteiger partial charge in [-0.2, -0.15) is 0 Å². The maximum absolute atomic E-state index is 10.8. The molecule has 0 bridgehead atoms. The highest BCUT2D eigenvalue weighted by Gasteiger charge is 2.15. The minimum Gasteiger partial charge on any atom is -0.493 e. The van der Waals surface area contributed by atoms with E-state index in [1.807, 2.05) is 0 Å². The smallest absolute Gasteiger partial charge is 0.341 e. The van der Waals surface area contributed by atoms with Crippen molar-refractivity contribution in [1.29, 1.82) is 0 Å². The van der Waals surface area contributed by atoms with Crippen molar-refractivity contribution in [3.8, 4) is 11.5 Å². The minimum absolute atomic E-state index is 0.0568. The van der Waals surface area contributed by atoms with Gasteiger partial charge in [-0.05, 0) is 6.07 Å². The SMILES string of the molecule is COc1cc(C(=O)O)c(Cl)cc1OCC(=O)O. The number of rotatable bonds is 5. The van der Waals surface area contributed by atoms with E-state index in [9.17, 15) is 9.59 Å². The van der Waals surface area contributed by atoms with E-state index in [2.05, 4.69) is 0 Å². The second-order valence-electron chi connectivity index (χ2n) is 2.97. The van der Waals surface area contributed by atoms with E-state index in [0.29, 0.717) is 0 Å². The van der Waals surface area contributed by atoms with Gasteiger partial charge in [0, 0.05) is 6.07 Å². The molecule has 0 unspecified atom stereocenters. The van der Waals surface area contributed by atoms with Crippen LogP contribution in [0.15, 0.2) is 12.1 Å². The summed E-state index contributed by atoms with van der Waals surface area (Å²) in [4.78, 5) is 21.1. The van der Waals surface area contributed by atoms with E-state index in [0.717, 1.165) is 0 Å². The van der Waals surface area contributed by atoms with Crippen molar-refractivity contribution in [3.05, 3.63) is 22.7 Å². The van der Waals surface area contributed by atoms with Gasteiger partial charge >= 0.3 is 11.9 Å². The summed E-state index contributed by atoms with van der Waals surface area (Å²) in [7, 11) is 1.31. The topological polar surface area (TPSA) is 93.1 Å². The Balaban J connectivity index is 3.09. The molecular formula is C10H9ClO6. The third-order valence-electron chi connectivity index (χ3n) is 1.83. The van der Waals surface area contributed by atoms with Crippen LogP contribution in [0.3, 0.4) is 0 Å². The number of carboxylic acid groups (broad SMARTS) is 2. The predicted octanol–water partition coefficient (Wildman–Crippen LogP) is 1.51. The molecule has 6 nitrogen and oxygen atoms in total. The summed E-state index contributed by atoms with van der Waals surface area (Å²) >= 11 is 5.70. The quantitative estimate of drug-likeness (QED) is 0.833. The monoisotopic (exact) mass is 260 g/mol. The summed E-state index contributed by atoms with van der Waals surface area (Å²) in [5.41, 5.74) is -0.147. The standard InChI is InChI=1S/C10H9ClO6/c1-16-7-2-5(10(14)15)6(11)3-8(7)17-4-9(12)13/h2-3H,4H2,1H3,(H,12,13)(H,14,15). The van der Waals surface area contributed by atoms with E-state index in [4.69, 9.17) is 31.3 Å². The normalized spacial score (nSPS) is 9.76. The molecule has 0 aliphatic heterocycles. The molecule has 0 aliphatic carbocycles. The summed E-state index contributed by atoms with van der Waals surface area (Å²) in [6, 6.07) is 2.37. The minimum atomic E-state index is -1.21. The van der Waals surface area contributed by atoms with Gasteiger partial charge in [-0.25, -0.2) is 9.59 Å². The molecule has 1 rings (SSSR count). The largest absolute Gasteiger partial charge is 0.493 e. The van der Waals surface area contributed by atoms with Crippen molar-refractivity contribution in [2.75, 3.05) is 13.7 Å². The molecule has 1 aromatic carbocycles. The molecule has 0 radical (unpaired) electrons. The number of hydrogen-bond acceptors (Lipinski definition) is 4. The van der Waals surface area contributed by atoms with Gasteiger partial charge in [0.25, 0.3) is 0 Å². The van der Waals surface area contributed by atoms with Crippen LogP contribution in [0.25, 0.3) is 0 Å². The van der Waals surface area contributed by atoms with Crippen LogP contribution in [0.1, 0.15) is 10.4 Å². The lowest BCUT2D eigenvalue weighted by molar-refractivity contribution is -0.139.